The molecule has 0 saturated carbocycles. The summed E-state index contributed by atoms with van der Waals surface area (Å²) in [5.41, 5.74) is -4.80. The maximum atomic E-state index is 13.3. The van der Waals surface area contributed by atoms with Crippen LogP contribution in [0.15, 0.2) is 42.7 Å². The fourth-order valence-corrected chi connectivity index (χ4v) is 3.48. The molecule has 1 aliphatic rings. The lowest BCUT2D eigenvalue weighted by Gasteiger charge is -2.37. The average Bonchev–Trinajstić information content (AvgIpc) is 2.72. The van der Waals surface area contributed by atoms with E-state index in [-0.39, 0.29) is 25.1 Å². The van der Waals surface area contributed by atoms with E-state index in [1.54, 1.807) is 0 Å². The Bertz CT molecular complexity index is 1010. The van der Waals surface area contributed by atoms with Gasteiger partial charge in [0.25, 0.3) is 11.7 Å². The summed E-state index contributed by atoms with van der Waals surface area (Å²) >= 11 is 0. The third-order valence-corrected chi connectivity index (χ3v) is 5.05. The summed E-state index contributed by atoms with van der Waals surface area (Å²) in [6, 6.07) is 4.12. The summed E-state index contributed by atoms with van der Waals surface area (Å²) in [6.45, 7) is -0.559. The van der Waals surface area contributed by atoms with Crippen LogP contribution >= 0.6 is 0 Å². The van der Waals surface area contributed by atoms with Crippen molar-refractivity contribution in [3.05, 3.63) is 59.4 Å². The second kappa shape index (κ2) is 8.32. The van der Waals surface area contributed by atoms with E-state index in [0.717, 1.165) is 41.6 Å². The number of alkyl halides is 6. The van der Waals surface area contributed by atoms with Crippen molar-refractivity contribution in [2.75, 3.05) is 13.1 Å². The van der Waals surface area contributed by atoms with Gasteiger partial charge in [-0.1, -0.05) is 0 Å². The van der Waals surface area contributed by atoms with Crippen molar-refractivity contribution in [2.45, 2.75) is 30.8 Å². The summed E-state index contributed by atoms with van der Waals surface area (Å²) in [5.74, 6) is -2.57. The topological polar surface area (TPSA) is 83.3 Å². The molecular weight excluding hydrogens is 446 g/mol. The van der Waals surface area contributed by atoms with E-state index in [2.05, 4.69) is 9.72 Å². The number of halogens is 6. The van der Waals surface area contributed by atoms with Crippen molar-refractivity contribution in [1.82, 2.24) is 9.88 Å². The lowest BCUT2D eigenvalue weighted by atomic mass is 9.91. The van der Waals surface area contributed by atoms with Gasteiger partial charge in [0, 0.05) is 37.5 Å². The first-order valence-electron chi connectivity index (χ1n) is 9.27. The van der Waals surface area contributed by atoms with E-state index in [1.807, 2.05) is 0 Å². The van der Waals surface area contributed by atoms with E-state index in [4.69, 9.17) is 0 Å². The predicted molar refractivity (Wildman–Crippen MR) is 97.9 cm³/mol. The number of pyridine rings is 1. The predicted octanol–water partition coefficient (Wildman–Crippen LogP) is 4.12. The number of hydrogen-bond acceptors (Lipinski definition) is 3. The largest absolute Gasteiger partial charge is 0.570 e. The third-order valence-electron chi connectivity index (χ3n) is 5.05. The van der Waals surface area contributed by atoms with Crippen molar-refractivity contribution in [3.63, 3.8) is 0 Å². The zero-order chi connectivity index (χ0) is 23.7. The molecule has 2 heterocycles. The maximum Gasteiger partial charge on any atom is 0.417 e. The van der Waals surface area contributed by atoms with Gasteiger partial charge in [0.05, 0.1) is 16.7 Å². The Labute approximate surface area is 177 Å². The normalized spacial score (nSPS) is 19.5. The van der Waals surface area contributed by atoms with Gasteiger partial charge in [-0.15, -0.1) is 0 Å². The minimum atomic E-state index is -4.82. The van der Waals surface area contributed by atoms with Crippen LogP contribution in [0.4, 0.5) is 26.3 Å². The number of aliphatic carboxylic acids is 1. The molecule has 1 aromatic heterocycles. The van der Waals surface area contributed by atoms with Gasteiger partial charge >= 0.3 is 23.9 Å². The van der Waals surface area contributed by atoms with Crippen LogP contribution in [-0.2, 0) is 17.1 Å². The number of carbonyl (C=O) groups is 2. The molecule has 1 unspecified atom stereocenters. The van der Waals surface area contributed by atoms with Gasteiger partial charge in [0.15, 0.2) is 0 Å². The van der Waals surface area contributed by atoms with Crippen LogP contribution in [-0.4, -0.2) is 50.3 Å². The average molecular weight is 463 g/mol. The monoisotopic (exact) mass is 463 g/mol. The quantitative estimate of drug-likeness (QED) is 0.546. The molecule has 1 amide bonds. The van der Waals surface area contributed by atoms with Crippen molar-refractivity contribution in [2.24, 2.45) is 0 Å². The van der Waals surface area contributed by atoms with Gasteiger partial charge in [0.2, 0.25) is 0 Å². The fraction of sp³-hybridized carbons (Fsp3) is 0.350. The van der Waals surface area contributed by atoms with Crippen LogP contribution in [0.2, 0.25) is 0 Å². The third kappa shape index (κ3) is 4.78. The van der Waals surface area contributed by atoms with Crippen LogP contribution in [0.5, 0.6) is 5.75 Å². The van der Waals surface area contributed by atoms with Crippen molar-refractivity contribution >= 4 is 11.9 Å². The van der Waals surface area contributed by atoms with E-state index >= 15 is 0 Å². The summed E-state index contributed by atoms with van der Waals surface area (Å²) in [5, 5.41) is 9.78. The van der Waals surface area contributed by atoms with Crippen LogP contribution in [0.3, 0.4) is 0 Å². The number of carboxylic acid groups (broad SMARTS) is 1. The Hall–Kier alpha value is -3.31. The summed E-state index contributed by atoms with van der Waals surface area (Å²) < 4.78 is 82.1. The highest BCUT2D eigenvalue weighted by molar-refractivity contribution is 5.96. The number of aromatic nitrogens is 1. The van der Waals surface area contributed by atoms with Crippen molar-refractivity contribution < 1.29 is 45.8 Å². The molecule has 1 aromatic carbocycles. The number of aliphatic hydroxyl groups is 1. The van der Waals surface area contributed by atoms with Crippen LogP contribution in [0.1, 0.15) is 34.3 Å². The van der Waals surface area contributed by atoms with E-state index < -0.39 is 53.1 Å². The molecule has 0 spiro atoms. The number of benzene rings is 1. The zero-order valence-electron chi connectivity index (χ0n) is 16.2. The standard InChI is InChI=1S/C20H16F6N2O4/c21-19(22,23)12-2-4-13(5-3-12)32-18(17(30)31)7-1-9-28(11-18)16(29)14-10-27-8-6-15(14)20(24,25)26/h2-6,8,10H,1,7,9,11H2,(H,30,31)/p+1. The van der Waals surface area contributed by atoms with E-state index in [9.17, 15) is 41.0 Å². The van der Waals surface area contributed by atoms with Gasteiger partial charge in [-0.05, 0) is 24.6 Å². The van der Waals surface area contributed by atoms with Gasteiger partial charge in [-0.25, -0.2) is 4.79 Å². The number of carboxylic acids is 1. The Morgan fingerprint density at radius 1 is 1.03 bits per heavy atom. The van der Waals surface area contributed by atoms with E-state index in [1.165, 1.54) is 0 Å². The Kier molecular flexibility index (Phi) is 6.07. The molecule has 3 rings (SSSR count). The molecule has 1 aliphatic heterocycles. The number of likely N-dealkylation sites (tertiary alicyclic amines) is 1. The lowest BCUT2D eigenvalue weighted by Crippen LogP contribution is -2.57. The number of aromatic hydroxyl groups is 1. The number of nitrogens with zero attached hydrogens (tertiary/aromatic N) is 2. The lowest BCUT2D eigenvalue weighted by molar-refractivity contribution is -0.190. The first kappa shape index (κ1) is 23.4. The molecule has 32 heavy (non-hydrogen) atoms. The molecule has 12 heteroatoms. The van der Waals surface area contributed by atoms with Gasteiger partial charge in [0.1, 0.15) is 6.54 Å². The highest BCUT2D eigenvalue weighted by Gasteiger charge is 2.51. The number of piperidine rings is 1. The molecule has 0 bridgehead atoms. The number of ether oxygens (including phenoxy) is 1. The molecule has 1 atom stereocenters. The first-order chi connectivity index (χ1) is 14.8. The Balaban J connectivity index is 1.87. The van der Waals surface area contributed by atoms with Crippen LogP contribution < -0.4 is 0 Å². The molecule has 6 nitrogen and oxygen atoms in total. The maximum absolute atomic E-state index is 13.3. The molecule has 172 valence electrons. The van der Waals surface area contributed by atoms with Crippen molar-refractivity contribution in [1.29, 1.82) is 0 Å². The van der Waals surface area contributed by atoms with Gasteiger partial charge in [-0.3, -0.25) is 9.78 Å². The highest BCUT2D eigenvalue weighted by Crippen LogP contribution is 2.35. The second-order valence-electron chi connectivity index (χ2n) is 7.24. The van der Waals surface area contributed by atoms with Gasteiger partial charge in [-0.2, -0.15) is 26.3 Å². The first-order valence-corrected chi connectivity index (χ1v) is 9.27. The fourth-order valence-electron chi connectivity index (χ4n) is 3.48. The zero-order valence-corrected chi connectivity index (χ0v) is 16.2. The smallest absolute Gasteiger partial charge is 0.417 e. The van der Waals surface area contributed by atoms with Crippen LogP contribution in [0.25, 0.3) is 0 Å². The molecular formula is C20H17F6N2O4+. The Morgan fingerprint density at radius 2 is 1.69 bits per heavy atom. The summed E-state index contributed by atoms with van der Waals surface area (Å²) in [4.78, 5) is 29.3. The highest BCUT2D eigenvalue weighted by atomic mass is 19.4. The minimum absolute atomic E-state index is 0.0113. The molecule has 2 N–H and O–H groups in total. The minimum Gasteiger partial charge on any atom is -0.570 e. The second-order valence-corrected chi connectivity index (χ2v) is 7.24. The molecule has 0 aliphatic carbocycles. The molecule has 1 fully saturated rings. The number of carbonyl (C=O) groups excluding carboxylic acids is 1. The molecule has 1 saturated heterocycles. The van der Waals surface area contributed by atoms with Gasteiger partial charge < -0.3 is 14.7 Å². The summed E-state index contributed by atoms with van der Waals surface area (Å²) in [6.07, 6.45) is -7.70. The number of amides is 1. The number of hydrogen-bond donors (Lipinski definition) is 1. The van der Waals surface area contributed by atoms with Crippen molar-refractivity contribution in [3.8, 4) is 5.75 Å². The van der Waals surface area contributed by atoms with Crippen LogP contribution in [0, 0.1) is 0 Å². The summed E-state index contributed by atoms with van der Waals surface area (Å²) in [7, 11) is 0. The SMILES string of the molecule is O=C(c1cnccc1C(F)(F)F)N1CCCC([OH+]c2ccc(C(F)(F)F)cc2)(C(=O)O)C1. The Morgan fingerprint density at radius 3 is 2.25 bits per heavy atom. The van der Waals surface area contributed by atoms with E-state index in [0.29, 0.717) is 6.07 Å². The molecule has 0 radical (unpaired) electrons. The number of rotatable bonds is 4. The molecule has 2 aromatic rings.